The number of hydrogen-bond acceptors (Lipinski definition) is 6. The Morgan fingerprint density at radius 1 is 0.812 bits per heavy atom. The van der Waals surface area contributed by atoms with E-state index in [1.807, 2.05) is 60.7 Å². The lowest BCUT2D eigenvalue weighted by Gasteiger charge is -2.25. The van der Waals surface area contributed by atoms with Crippen LogP contribution in [0.1, 0.15) is 35.7 Å². The number of rotatable bonds is 8. The van der Waals surface area contributed by atoms with Gasteiger partial charge in [-0.15, -0.1) is 0 Å². The highest BCUT2D eigenvalue weighted by molar-refractivity contribution is 5.69. The molecule has 4 aromatic rings. The van der Waals surface area contributed by atoms with Crippen LogP contribution in [0.25, 0.3) is 0 Å². The van der Waals surface area contributed by atoms with Gasteiger partial charge in [0.15, 0.2) is 5.75 Å². The van der Waals surface area contributed by atoms with E-state index in [1.165, 1.54) is 0 Å². The predicted molar refractivity (Wildman–Crippen MR) is 126 cm³/mol. The molecule has 0 aromatic heterocycles. The van der Waals surface area contributed by atoms with E-state index in [1.54, 1.807) is 13.2 Å². The van der Waals surface area contributed by atoms with Gasteiger partial charge in [0, 0.05) is 11.7 Å². The van der Waals surface area contributed by atoms with Gasteiger partial charge >= 0.3 is 0 Å². The fourth-order valence-electron chi connectivity index (χ4n) is 3.71. The number of hydrogen-bond donors (Lipinski definition) is 3. The molecule has 0 spiro atoms. The van der Waals surface area contributed by atoms with Crippen molar-refractivity contribution in [3.8, 4) is 11.5 Å². The Bertz CT molecular complexity index is 1280. The molecular weight excluding hydrogens is 404 g/mol. The molecule has 0 heterocycles. The maximum atomic E-state index is 11.7. The van der Waals surface area contributed by atoms with Gasteiger partial charge in [-0.25, -0.2) is 0 Å². The van der Waals surface area contributed by atoms with Gasteiger partial charge < -0.3 is 15.2 Å². The summed E-state index contributed by atoms with van der Waals surface area (Å²) >= 11 is 0. The normalized spacial score (nSPS) is 12.9. The van der Waals surface area contributed by atoms with Crippen molar-refractivity contribution < 1.29 is 9.84 Å². The number of methoxy groups -OCH3 is 1. The number of nitrogens with one attached hydrogen (secondary N) is 2. The fourth-order valence-corrected chi connectivity index (χ4v) is 3.71. The summed E-state index contributed by atoms with van der Waals surface area (Å²) in [6, 6.07) is 25.5. The topological polar surface area (TPSA) is 87.7 Å². The van der Waals surface area contributed by atoms with E-state index in [9.17, 15) is 14.7 Å². The van der Waals surface area contributed by atoms with Crippen LogP contribution in [0.5, 0.6) is 11.5 Å². The number of benzene rings is 3. The number of ether oxygens (including phenoxy) is 1. The molecule has 6 nitrogen and oxygen atoms in total. The molecule has 0 aliphatic heterocycles. The van der Waals surface area contributed by atoms with Crippen molar-refractivity contribution in [1.29, 1.82) is 0 Å². The highest BCUT2D eigenvalue weighted by Crippen LogP contribution is 2.30. The Hall–Kier alpha value is -3.90. The highest BCUT2D eigenvalue weighted by Gasteiger charge is 2.21. The second-order valence-electron chi connectivity index (χ2n) is 7.64. The first-order valence-corrected chi connectivity index (χ1v) is 10.3. The molecule has 162 valence electrons. The number of anilines is 2. The zero-order valence-corrected chi connectivity index (χ0v) is 17.8. The Balaban J connectivity index is 1.67. The first-order chi connectivity index (χ1) is 15.5. The van der Waals surface area contributed by atoms with E-state index in [0.29, 0.717) is 5.69 Å². The first kappa shape index (κ1) is 21.3. The van der Waals surface area contributed by atoms with E-state index in [0.717, 1.165) is 22.4 Å². The van der Waals surface area contributed by atoms with Crippen molar-refractivity contribution in [3.05, 3.63) is 116 Å². The SMILES string of the molecule is COc1ccc(C(N[C@H](C)c2ccccc2)c2cccc(Nc3c(O)c(=O)c3=O)c2)cc1. The molecule has 6 heteroatoms. The molecular formula is C26H24N2O4. The smallest absolute Gasteiger partial charge is 0.271 e. The standard InChI is InChI=1S/C26H24N2O4/c1-16(17-7-4-3-5-8-17)27-22(18-11-13-21(32-2)14-12-18)19-9-6-10-20(15-19)28-23-24(29)26(31)25(23)30/h3-16,22,27-29H,1-2H3/t16-,22?/m1/s1. The van der Waals surface area contributed by atoms with Crippen molar-refractivity contribution in [2.45, 2.75) is 19.0 Å². The molecule has 0 aliphatic rings. The summed E-state index contributed by atoms with van der Waals surface area (Å²) in [5, 5.41) is 16.2. The Morgan fingerprint density at radius 2 is 1.50 bits per heavy atom. The van der Waals surface area contributed by atoms with Crippen molar-refractivity contribution in [2.75, 3.05) is 12.4 Å². The summed E-state index contributed by atoms with van der Waals surface area (Å²) in [4.78, 5) is 23.0. The summed E-state index contributed by atoms with van der Waals surface area (Å²) < 4.78 is 5.30. The average molecular weight is 428 g/mol. The van der Waals surface area contributed by atoms with Crippen molar-refractivity contribution in [2.24, 2.45) is 0 Å². The first-order valence-electron chi connectivity index (χ1n) is 10.3. The molecule has 4 aromatic carbocycles. The lowest BCUT2D eigenvalue weighted by Crippen LogP contribution is -2.32. The summed E-state index contributed by atoms with van der Waals surface area (Å²) in [5.74, 6) is 0.248. The van der Waals surface area contributed by atoms with Gasteiger partial charge in [-0.3, -0.25) is 14.9 Å². The quantitative estimate of drug-likeness (QED) is 0.365. The van der Waals surface area contributed by atoms with Crippen molar-refractivity contribution >= 4 is 11.4 Å². The molecule has 2 atom stereocenters. The summed E-state index contributed by atoms with van der Waals surface area (Å²) in [6.07, 6.45) is 0. The van der Waals surface area contributed by atoms with Gasteiger partial charge in [0.1, 0.15) is 11.4 Å². The maximum Gasteiger partial charge on any atom is 0.271 e. The van der Waals surface area contributed by atoms with Crippen LogP contribution in [0.3, 0.4) is 0 Å². The summed E-state index contributed by atoms with van der Waals surface area (Å²) in [7, 11) is 1.63. The third-order valence-electron chi connectivity index (χ3n) is 5.54. The minimum atomic E-state index is -0.863. The van der Waals surface area contributed by atoms with Crippen LogP contribution in [-0.4, -0.2) is 12.2 Å². The molecule has 0 fully saturated rings. The predicted octanol–water partition coefficient (Wildman–Crippen LogP) is 4.18. The van der Waals surface area contributed by atoms with E-state index < -0.39 is 16.6 Å². The molecule has 0 aliphatic carbocycles. The van der Waals surface area contributed by atoms with Gasteiger partial charge in [0.25, 0.3) is 10.9 Å². The molecule has 1 unspecified atom stereocenters. The zero-order chi connectivity index (χ0) is 22.7. The van der Waals surface area contributed by atoms with E-state index in [2.05, 4.69) is 29.7 Å². The summed E-state index contributed by atoms with van der Waals surface area (Å²) in [6.45, 7) is 2.11. The Morgan fingerprint density at radius 3 is 2.16 bits per heavy atom. The molecule has 0 amide bonds. The largest absolute Gasteiger partial charge is 0.502 e. The monoisotopic (exact) mass is 428 g/mol. The third kappa shape index (κ3) is 4.26. The van der Waals surface area contributed by atoms with Crippen LogP contribution in [0.4, 0.5) is 11.4 Å². The second kappa shape index (κ2) is 9.08. The average Bonchev–Trinajstić information content (AvgIpc) is 2.85. The van der Waals surface area contributed by atoms with Crippen LogP contribution in [-0.2, 0) is 0 Å². The lowest BCUT2D eigenvalue weighted by molar-refractivity contribution is 0.414. The minimum absolute atomic E-state index is 0.0671. The zero-order valence-electron chi connectivity index (χ0n) is 17.8. The van der Waals surface area contributed by atoms with Crippen molar-refractivity contribution in [3.63, 3.8) is 0 Å². The van der Waals surface area contributed by atoms with Crippen LogP contribution < -0.4 is 26.2 Å². The van der Waals surface area contributed by atoms with Gasteiger partial charge in [0.05, 0.1) is 13.2 Å². The van der Waals surface area contributed by atoms with Crippen LogP contribution >= 0.6 is 0 Å². The molecule has 0 saturated carbocycles. The Labute approximate surface area is 185 Å². The molecule has 3 N–H and O–H groups in total. The summed E-state index contributed by atoms with van der Waals surface area (Å²) in [5.41, 5.74) is 2.13. The number of aromatic hydroxyl groups is 1. The van der Waals surface area contributed by atoms with Gasteiger partial charge in [-0.05, 0) is 47.9 Å². The van der Waals surface area contributed by atoms with Gasteiger partial charge in [0.2, 0.25) is 0 Å². The van der Waals surface area contributed by atoms with Crippen LogP contribution in [0, 0.1) is 0 Å². The van der Waals surface area contributed by atoms with Crippen molar-refractivity contribution in [1.82, 2.24) is 5.32 Å². The fraction of sp³-hybridized carbons (Fsp3) is 0.154. The molecule has 0 radical (unpaired) electrons. The molecule has 0 saturated heterocycles. The Kier molecular flexibility index (Phi) is 6.05. The van der Waals surface area contributed by atoms with E-state index >= 15 is 0 Å². The van der Waals surface area contributed by atoms with E-state index in [4.69, 9.17) is 4.74 Å². The lowest BCUT2D eigenvalue weighted by atomic mass is 9.96. The van der Waals surface area contributed by atoms with E-state index in [-0.39, 0.29) is 17.8 Å². The highest BCUT2D eigenvalue weighted by atomic mass is 16.5. The van der Waals surface area contributed by atoms with Gasteiger partial charge in [-0.1, -0.05) is 54.6 Å². The van der Waals surface area contributed by atoms with Gasteiger partial charge in [-0.2, -0.15) is 0 Å². The molecule has 4 rings (SSSR count). The second-order valence-corrected chi connectivity index (χ2v) is 7.64. The van der Waals surface area contributed by atoms with Crippen LogP contribution in [0.2, 0.25) is 0 Å². The molecule has 32 heavy (non-hydrogen) atoms. The van der Waals surface area contributed by atoms with Crippen LogP contribution in [0.15, 0.2) is 88.5 Å². The maximum absolute atomic E-state index is 11.7. The third-order valence-corrected chi connectivity index (χ3v) is 5.54. The molecule has 0 bridgehead atoms. The minimum Gasteiger partial charge on any atom is -0.502 e.